The number of nitrogens with zero attached hydrogens (tertiary/aromatic N) is 1. The van der Waals surface area contributed by atoms with Crippen molar-refractivity contribution in [2.24, 2.45) is 5.41 Å². The zero-order valence-electron chi connectivity index (χ0n) is 11.2. The van der Waals surface area contributed by atoms with Crippen LogP contribution in [0.15, 0.2) is 0 Å². The van der Waals surface area contributed by atoms with Crippen molar-refractivity contribution in [3.8, 4) is 0 Å². The van der Waals surface area contributed by atoms with Crippen molar-refractivity contribution in [1.29, 1.82) is 0 Å². The number of hydrogen-bond acceptors (Lipinski definition) is 3. The third kappa shape index (κ3) is 3.19. The van der Waals surface area contributed by atoms with Crippen LogP contribution in [-0.2, 0) is 9.53 Å². The fraction of sp³-hybridized carbons (Fsp3) is 0.923. The highest BCUT2D eigenvalue weighted by atomic mass is 16.5. The molecule has 0 unspecified atom stereocenters. The Hall–Kier alpha value is -0.610. The number of hydrogen-bond donors (Lipinski definition) is 1. The first-order valence-corrected chi connectivity index (χ1v) is 6.62. The summed E-state index contributed by atoms with van der Waals surface area (Å²) in [6.07, 6.45) is 2.87. The Morgan fingerprint density at radius 2 is 1.76 bits per heavy atom. The number of rotatable bonds is 2. The van der Waals surface area contributed by atoms with E-state index in [2.05, 4.69) is 5.32 Å². The van der Waals surface area contributed by atoms with Crippen LogP contribution in [-0.4, -0.2) is 49.2 Å². The number of carbonyl (C=O) groups excluding carboxylic acids is 1. The molecule has 0 aliphatic carbocycles. The molecule has 1 amide bonds. The fourth-order valence-corrected chi connectivity index (χ4v) is 2.37. The van der Waals surface area contributed by atoms with Crippen molar-refractivity contribution in [2.45, 2.75) is 45.8 Å². The highest BCUT2D eigenvalue weighted by molar-refractivity contribution is 5.82. The lowest BCUT2D eigenvalue weighted by Gasteiger charge is -2.43. The molecule has 4 nitrogen and oxygen atoms in total. The van der Waals surface area contributed by atoms with E-state index in [9.17, 15) is 4.79 Å². The number of nitrogens with one attached hydrogen (secondary N) is 1. The van der Waals surface area contributed by atoms with Crippen LogP contribution < -0.4 is 5.32 Å². The van der Waals surface area contributed by atoms with Gasteiger partial charge in [-0.15, -0.1) is 0 Å². The second-order valence-corrected chi connectivity index (χ2v) is 6.17. The second kappa shape index (κ2) is 4.94. The van der Waals surface area contributed by atoms with Crippen molar-refractivity contribution < 1.29 is 9.53 Å². The lowest BCUT2D eigenvalue weighted by molar-refractivity contribution is -0.158. The Bertz CT molecular complexity index is 274. The molecule has 1 N–H and O–H groups in total. The van der Waals surface area contributed by atoms with E-state index >= 15 is 0 Å². The summed E-state index contributed by atoms with van der Waals surface area (Å²) in [5.74, 6) is 0.239. The van der Waals surface area contributed by atoms with E-state index < -0.39 is 0 Å². The van der Waals surface area contributed by atoms with Gasteiger partial charge in [0.25, 0.3) is 0 Å². The monoisotopic (exact) mass is 240 g/mol. The van der Waals surface area contributed by atoms with E-state index in [-0.39, 0.29) is 17.4 Å². The summed E-state index contributed by atoms with van der Waals surface area (Å²) in [5, 5.41) is 3.33. The maximum Gasteiger partial charge on any atom is 0.228 e. The molecule has 2 heterocycles. The average Bonchev–Trinajstić information content (AvgIpc) is 2.22. The highest BCUT2D eigenvalue weighted by Gasteiger charge is 2.37. The molecule has 0 radical (unpaired) electrons. The quantitative estimate of drug-likeness (QED) is 0.783. The summed E-state index contributed by atoms with van der Waals surface area (Å²) in [6, 6.07) is 0. The Kier molecular flexibility index (Phi) is 3.73. The lowest BCUT2D eigenvalue weighted by Crippen LogP contribution is -2.58. The van der Waals surface area contributed by atoms with Crippen LogP contribution in [0.5, 0.6) is 0 Å². The van der Waals surface area contributed by atoms with Gasteiger partial charge in [-0.25, -0.2) is 0 Å². The van der Waals surface area contributed by atoms with Gasteiger partial charge in [0.1, 0.15) is 0 Å². The Morgan fingerprint density at radius 3 is 2.29 bits per heavy atom. The van der Waals surface area contributed by atoms with Gasteiger partial charge in [-0.2, -0.15) is 0 Å². The molecule has 4 heteroatoms. The first-order chi connectivity index (χ1) is 7.97. The summed E-state index contributed by atoms with van der Waals surface area (Å²) >= 11 is 0. The fourth-order valence-electron chi connectivity index (χ4n) is 2.37. The van der Waals surface area contributed by atoms with Crippen LogP contribution in [0.4, 0.5) is 0 Å². The molecule has 0 aromatic carbocycles. The van der Waals surface area contributed by atoms with Gasteiger partial charge in [-0.3, -0.25) is 4.79 Å². The molecule has 0 spiro atoms. The van der Waals surface area contributed by atoms with Crippen molar-refractivity contribution in [2.75, 3.05) is 26.2 Å². The lowest BCUT2D eigenvalue weighted by atomic mass is 9.92. The van der Waals surface area contributed by atoms with Gasteiger partial charge in [0.2, 0.25) is 5.91 Å². The van der Waals surface area contributed by atoms with Gasteiger partial charge in [-0.05, 0) is 25.9 Å². The molecular weight excluding hydrogens is 216 g/mol. The summed E-state index contributed by atoms with van der Waals surface area (Å²) in [4.78, 5) is 13.9. The Morgan fingerprint density at radius 1 is 1.18 bits per heavy atom. The van der Waals surface area contributed by atoms with Crippen molar-refractivity contribution >= 4 is 5.91 Å². The Balaban J connectivity index is 1.70. The van der Waals surface area contributed by atoms with Gasteiger partial charge >= 0.3 is 0 Å². The van der Waals surface area contributed by atoms with Crippen molar-refractivity contribution in [3.63, 3.8) is 0 Å². The summed E-state index contributed by atoms with van der Waals surface area (Å²) in [6.45, 7) is 9.58. The van der Waals surface area contributed by atoms with E-state index in [0.29, 0.717) is 6.10 Å². The van der Waals surface area contributed by atoms with E-state index in [1.807, 2.05) is 25.7 Å². The average molecular weight is 240 g/mol. The molecule has 2 aliphatic heterocycles. The number of amides is 1. The maximum atomic E-state index is 11.9. The van der Waals surface area contributed by atoms with Crippen LogP contribution >= 0.6 is 0 Å². The van der Waals surface area contributed by atoms with E-state index in [0.717, 1.165) is 39.0 Å². The predicted octanol–water partition coefficient (Wildman–Crippen LogP) is 1.01. The number of piperidine rings is 1. The van der Waals surface area contributed by atoms with Gasteiger partial charge < -0.3 is 15.0 Å². The van der Waals surface area contributed by atoms with Crippen molar-refractivity contribution in [3.05, 3.63) is 0 Å². The van der Waals surface area contributed by atoms with Gasteiger partial charge in [0, 0.05) is 18.5 Å². The topological polar surface area (TPSA) is 41.6 Å². The zero-order valence-corrected chi connectivity index (χ0v) is 11.2. The van der Waals surface area contributed by atoms with Crippen LogP contribution in [0.2, 0.25) is 0 Å². The minimum atomic E-state index is -0.264. The van der Waals surface area contributed by atoms with Gasteiger partial charge in [0.05, 0.1) is 12.2 Å². The third-order valence-electron chi connectivity index (χ3n) is 3.45. The number of ether oxygens (including phenoxy) is 1. The molecule has 0 aromatic rings. The van der Waals surface area contributed by atoms with Crippen LogP contribution in [0.25, 0.3) is 0 Å². The zero-order chi connectivity index (χ0) is 12.5. The van der Waals surface area contributed by atoms with Gasteiger partial charge in [0.15, 0.2) is 0 Å². The first kappa shape index (κ1) is 12.8. The second-order valence-electron chi connectivity index (χ2n) is 6.17. The molecule has 98 valence electrons. The largest absolute Gasteiger partial charge is 0.371 e. The van der Waals surface area contributed by atoms with Crippen LogP contribution in [0.1, 0.15) is 33.6 Å². The summed E-state index contributed by atoms with van der Waals surface area (Å²) < 4.78 is 5.99. The maximum absolute atomic E-state index is 11.9. The SMILES string of the molecule is CC(C)(C)C(=O)N1CC(OC2CCNCC2)C1. The van der Waals surface area contributed by atoms with E-state index in [1.54, 1.807) is 0 Å². The normalized spacial score (nSPS) is 23.6. The molecule has 0 bridgehead atoms. The molecule has 0 aromatic heterocycles. The first-order valence-electron chi connectivity index (χ1n) is 6.62. The molecule has 2 saturated heterocycles. The predicted molar refractivity (Wildman–Crippen MR) is 66.8 cm³/mol. The highest BCUT2D eigenvalue weighted by Crippen LogP contribution is 2.24. The summed E-state index contributed by atoms with van der Waals surface area (Å²) in [7, 11) is 0. The molecule has 0 atom stereocenters. The standard InChI is InChI=1S/C13H24N2O2/c1-13(2,3)12(16)15-8-11(9-15)17-10-4-6-14-7-5-10/h10-11,14H,4-9H2,1-3H3. The molecule has 0 saturated carbocycles. The third-order valence-corrected chi connectivity index (χ3v) is 3.45. The molecule has 2 fully saturated rings. The van der Waals surface area contributed by atoms with Crippen LogP contribution in [0.3, 0.4) is 0 Å². The summed E-state index contributed by atoms with van der Waals surface area (Å²) in [5.41, 5.74) is -0.264. The minimum absolute atomic E-state index is 0.239. The molecule has 2 aliphatic rings. The van der Waals surface area contributed by atoms with Gasteiger partial charge in [-0.1, -0.05) is 20.8 Å². The van der Waals surface area contributed by atoms with Crippen LogP contribution in [0, 0.1) is 5.41 Å². The smallest absolute Gasteiger partial charge is 0.228 e. The van der Waals surface area contributed by atoms with E-state index in [4.69, 9.17) is 4.74 Å². The Labute approximate surface area is 104 Å². The molecular formula is C13H24N2O2. The minimum Gasteiger partial charge on any atom is -0.371 e. The number of likely N-dealkylation sites (tertiary alicyclic amines) is 1. The molecule has 2 rings (SSSR count). The number of carbonyl (C=O) groups is 1. The van der Waals surface area contributed by atoms with Crippen molar-refractivity contribution in [1.82, 2.24) is 10.2 Å². The molecule has 17 heavy (non-hydrogen) atoms. The van der Waals surface area contributed by atoms with E-state index in [1.165, 1.54) is 0 Å².